The number of carboxylic acids is 1. The van der Waals surface area contributed by atoms with Gasteiger partial charge in [-0.05, 0) is 48.9 Å². The van der Waals surface area contributed by atoms with E-state index in [4.69, 9.17) is 16.7 Å². The smallest absolute Gasteiger partial charge is 0.338 e. The van der Waals surface area contributed by atoms with Crippen molar-refractivity contribution in [2.24, 2.45) is 0 Å². The van der Waals surface area contributed by atoms with E-state index in [9.17, 15) is 14.0 Å². The molecule has 0 unspecified atom stereocenters. The minimum Gasteiger partial charge on any atom is -0.478 e. The zero-order valence-electron chi connectivity index (χ0n) is 11.0. The number of carbonyl (C=O) groups is 2. The molecule has 0 aliphatic rings. The van der Waals surface area contributed by atoms with Gasteiger partial charge in [0.15, 0.2) is 0 Å². The van der Waals surface area contributed by atoms with E-state index >= 15 is 0 Å². The summed E-state index contributed by atoms with van der Waals surface area (Å²) in [5, 5.41) is 11.8. The van der Waals surface area contributed by atoms with Crippen LogP contribution in [0, 0.1) is 12.7 Å². The van der Waals surface area contributed by atoms with Gasteiger partial charge < -0.3 is 10.4 Å². The quantitative estimate of drug-likeness (QED) is 0.907. The van der Waals surface area contributed by atoms with Crippen LogP contribution in [0.3, 0.4) is 0 Å². The highest BCUT2D eigenvalue weighted by atomic mass is 35.5. The van der Waals surface area contributed by atoms with Crippen LogP contribution in [0.4, 0.5) is 10.1 Å². The zero-order valence-corrected chi connectivity index (χ0v) is 11.7. The number of halogens is 2. The summed E-state index contributed by atoms with van der Waals surface area (Å²) in [5.41, 5.74) is 0.817. The average molecular weight is 308 g/mol. The van der Waals surface area contributed by atoms with Gasteiger partial charge in [-0.1, -0.05) is 11.6 Å². The van der Waals surface area contributed by atoms with Crippen LogP contribution in [0.2, 0.25) is 5.02 Å². The molecule has 0 aliphatic carbocycles. The van der Waals surface area contributed by atoms with Crippen LogP contribution in [-0.4, -0.2) is 17.0 Å². The Morgan fingerprint density at radius 2 is 1.81 bits per heavy atom. The normalized spacial score (nSPS) is 10.2. The first-order valence-electron chi connectivity index (χ1n) is 5.99. The molecule has 0 saturated heterocycles. The Labute approximate surface area is 125 Å². The van der Waals surface area contributed by atoms with Crippen molar-refractivity contribution in [3.8, 4) is 0 Å². The van der Waals surface area contributed by atoms with Crippen LogP contribution in [0.25, 0.3) is 0 Å². The summed E-state index contributed by atoms with van der Waals surface area (Å²) in [6.07, 6.45) is 0. The van der Waals surface area contributed by atoms with E-state index in [1.165, 1.54) is 6.07 Å². The topological polar surface area (TPSA) is 66.4 Å². The minimum atomic E-state index is -1.36. The van der Waals surface area contributed by atoms with E-state index in [1.807, 2.05) is 0 Å². The van der Waals surface area contributed by atoms with Crippen molar-refractivity contribution in [3.05, 3.63) is 63.9 Å². The molecule has 0 aliphatic heterocycles. The van der Waals surface area contributed by atoms with E-state index < -0.39 is 23.3 Å². The molecular weight excluding hydrogens is 297 g/mol. The molecule has 0 heterocycles. The fourth-order valence-corrected chi connectivity index (χ4v) is 2.07. The van der Waals surface area contributed by atoms with Crippen LogP contribution >= 0.6 is 11.6 Å². The summed E-state index contributed by atoms with van der Waals surface area (Å²) in [6, 6.07) is 8.18. The second-order valence-electron chi connectivity index (χ2n) is 4.41. The van der Waals surface area contributed by atoms with Gasteiger partial charge in [-0.25, -0.2) is 9.18 Å². The molecule has 1 amide bonds. The minimum absolute atomic E-state index is 0.178. The molecular formula is C15H11ClFNO3. The van der Waals surface area contributed by atoms with E-state index in [0.717, 1.165) is 12.1 Å². The van der Waals surface area contributed by atoms with Gasteiger partial charge in [0.2, 0.25) is 0 Å². The van der Waals surface area contributed by atoms with E-state index in [0.29, 0.717) is 16.1 Å². The highest BCUT2D eigenvalue weighted by Gasteiger charge is 2.13. The lowest BCUT2D eigenvalue weighted by Gasteiger charge is -2.09. The standard InChI is InChI=1S/C15H11ClFNO3/c1-8-6-9(16)2-4-11(8)14(19)18-10-3-5-12(15(20)21)13(17)7-10/h2-7H,1H3,(H,18,19)(H,20,21). The first-order valence-corrected chi connectivity index (χ1v) is 6.36. The number of nitrogens with one attached hydrogen (secondary N) is 1. The number of amides is 1. The summed E-state index contributed by atoms with van der Waals surface area (Å²) in [4.78, 5) is 22.8. The molecule has 0 radical (unpaired) electrons. The fraction of sp³-hybridized carbons (Fsp3) is 0.0667. The molecule has 0 bridgehead atoms. The average Bonchev–Trinajstić information content (AvgIpc) is 2.37. The fourth-order valence-electron chi connectivity index (χ4n) is 1.85. The Morgan fingerprint density at radius 3 is 2.38 bits per heavy atom. The van der Waals surface area contributed by atoms with Crippen LogP contribution in [0.5, 0.6) is 0 Å². The lowest BCUT2D eigenvalue weighted by atomic mass is 10.1. The summed E-state index contributed by atoms with van der Waals surface area (Å²) >= 11 is 5.81. The monoisotopic (exact) mass is 307 g/mol. The number of carbonyl (C=O) groups excluding carboxylic acids is 1. The molecule has 6 heteroatoms. The molecule has 4 nitrogen and oxygen atoms in total. The largest absolute Gasteiger partial charge is 0.478 e. The van der Waals surface area contributed by atoms with Crippen LogP contribution in [0.15, 0.2) is 36.4 Å². The number of aryl methyl sites for hydroxylation is 1. The van der Waals surface area contributed by atoms with Crippen molar-refractivity contribution in [2.75, 3.05) is 5.32 Å². The summed E-state index contributed by atoms with van der Waals surface area (Å²) < 4.78 is 13.5. The van der Waals surface area contributed by atoms with Gasteiger partial charge in [-0.15, -0.1) is 0 Å². The first-order chi connectivity index (χ1) is 9.88. The van der Waals surface area contributed by atoms with Crippen molar-refractivity contribution in [2.45, 2.75) is 6.92 Å². The molecule has 0 atom stereocenters. The zero-order chi connectivity index (χ0) is 15.6. The number of benzene rings is 2. The Morgan fingerprint density at radius 1 is 1.14 bits per heavy atom. The van der Waals surface area contributed by atoms with Gasteiger partial charge in [0.25, 0.3) is 5.91 Å². The van der Waals surface area contributed by atoms with E-state index in [1.54, 1.807) is 25.1 Å². The number of hydrogen-bond donors (Lipinski definition) is 2. The molecule has 0 fully saturated rings. The second kappa shape index (κ2) is 5.93. The third-order valence-corrected chi connectivity index (χ3v) is 3.13. The van der Waals surface area contributed by atoms with Crippen molar-refractivity contribution >= 4 is 29.2 Å². The highest BCUT2D eigenvalue weighted by Crippen LogP contribution is 2.19. The maximum atomic E-state index is 13.5. The van der Waals surface area contributed by atoms with Crippen LogP contribution < -0.4 is 5.32 Å². The molecule has 21 heavy (non-hydrogen) atoms. The maximum Gasteiger partial charge on any atom is 0.338 e. The van der Waals surface area contributed by atoms with Gasteiger partial charge in [0.1, 0.15) is 5.82 Å². The molecule has 2 aromatic carbocycles. The van der Waals surface area contributed by atoms with E-state index in [-0.39, 0.29) is 5.69 Å². The molecule has 2 N–H and O–H groups in total. The summed E-state index contributed by atoms with van der Waals surface area (Å²) in [7, 11) is 0. The predicted octanol–water partition coefficient (Wildman–Crippen LogP) is 3.74. The molecule has 108 valence electrons. The molecule has 0 aromatic heterocycles. The van der Waals surface area contributed by atoms with Gasteiger partial charge in [0, 0.05) is 16.3 Å². The molecule has 2 rings (SSSR count). The highest BCUT2D eigenvalue weighted by molar-refractivity contribution is 6.30. The van der Waals surface area contributed by atoms with Crippen molar-refractivity contribution in [3.63, 3.8) is 0 Å². The van der Waals surface area contributed by atoms with Crippen molar-refractivity contribution in [1.82, 2.24) is 0 Å². The number of carboxylic acid groups (broad SMARTS) is 1. The molecule has 2 aromatic rings. The maximum absolute atomic E-state index is 13.5. The van der Waals surface area contributed by atoms with Gasteiger partial charge >= 0.3 is 5.97 Å². The SMILES string of the molecule is Cc1cc(Cl)ccc1C(=O)Nc1ccc(C(=O)O)c(F)c1. The molecule has 0 saturated carbocycles. The Balaban J connectivity index is 2.23. The number of aromatic carboxylic acids is 1. The van der Waals surface area contributed by atoms with Gasteiger partial charge in [-0.3, -0.25) is 4.79 Å². The number of hydrogen-bond acceptors (Lipinski definition) is 2. The molecule has 0 spiro atoms. The Hall–Kier alpha value is -2.40. The Bertz CT molecular complexity index is 731. The third-order valence-electron chi connectivity index (χ3n) is 2.89. The summed E-state index contributed by atoms with van der Waals surface area (Å²) in [5.74, 6) is -2.70. The van der Waals surface area contributed by atoms with Crippen molar-refractivity contribution in [1.29, 1.82) is 0 Å². The Kier molecular flexibility index (Phi) is 4.23. The van der Waals surface area contributed by atoms with Gasteiger partial charge in [-0.2, -0.15) is 0 Å². The lowest BCUT2D eigenvalue weighted by Crippen LogP contribution is -2.14. The van der Waals surface area contributed by atoms with E-state index in [2.05, 4.69) is 5.32 Å². The third kappa shape index (κ3) is 3.38. The second-order valence-corrected chi connectivity index (χ2v) is 4.85. The number of rotatable bonds is 3. The number of anilines is 1. The summed E-state index contributed by atoms with van der Waals surface area (Å²) in [6.45, 7) is 1.73. The van der Waals surface area contributed by atoms with Crippen LogP contribution in [-0.2, 0) is 0 Å². The van der Waals surface area contributed by atoms with Gasteiger partial charge in [0.05, 0.1) is 5.56 Å². The predicted molar refractivity (Wildman–Crippen MR) is 77.5 cm³/mol. The van der Waals surface area contributed by atoms with Crippen molar-refractivity contribution < 1.29 is 19.1 Å². The van der Waals surface area contributed by atoms with Crippen LogP contribution in [0.1, 0.15) is 26.3 Å². The first kappa shape index (κ1) is 15.0. The lowest BCUT2D eigenvalue weighted by molar-refractivity contribution is 0.0692.